The van der Waals surface area contributed by atoms with Gasteiger partial charge in [0.05, 0.1) is 0 Å². The molecule has 2 aromatic heterocycles. The third-order valence-electron chi connectivity index (χ3n) is 18.2. The quantitative estimate of drug-likeness (QED) is 0.149. The van der Waals surface area contributed by atoms with E-state index in [1.165, 1.54) is 93.0 Å². The molecule has 2 nitrogen and oxygen atoms in total. The van der Waals surface area contributed by atoms with Gasteiger partial charge in [-0.3, -0.25) is 0 Å². The minimum absolute atomic E-state index is 0.862. The van der Waals surface area contributed by atoms with Crippen molar-refractivity contribution < 1.29 is 8.83 Å². The third-order valence-corrected chi connectivity index (χ3v) is 18.2. The van der Waals surface area contributed by atoms with Crippen molar-refractivity contribution in [2.45, 2.75) is 0 Å². The van der Waals surface area contributed by atoms with E-state index < -0.39 is 0 Å². The highest BCUT2D eigenvalue weighted by Crippen LogP contribution is 2.52. The fraction of sp³-hybridized carbons (Fsp3) is 0. The van der Waals surface area contributed by atoms with Crippen molar-refractivity contribution in [1.29, 1.82) is 0 Å². The Morgan fingerprint density at radius 3 is 1.24 bits per heavy atom. The van der Waals surface area contributed by atoms with Crippen molar-refractivity contribution >= 4 is 109 Å². The first-order valence-electron chi connectivity index (χ1n) is 29.6. The Balaban J connectivity index is 0.838. The summed E-state index contributed by atoms with van der Waals surface area (Å²) in [6.45, 7) is 0. The normalized spacial score (nSPS) is 12.0. The second-order valence-corrected chi connectivity index (χ2v) is 22.9. The molecule has 0 amide bonds. The Hall–Kier alpha value is -11.3. The molecule has 0 bridgehead atoms. The molecule has 0 N–H and O–H groups in total. The van der Waals surface area contributed by atoms with Gasteiger partial charge in [0.25, 0.3) is 0 Å². The van der Waals surface area contributed by atoms with Gasteiger partial charge in [0, 0.05) is 27.1 Å². The lowest BCUT2D eigenvalue weighted by Gasteiger charge is -2.19. The molecule has 0 fully saturated rings. The second kappa shape index (κ2) is 19.1. The fourth-order valence-corrected chi connectivity index (χ4v) is 14.5. The SMILES string of the molecule is c1ccc(-c2ccc3cc4c(cc3c2)oc2cccc(-c3c5ccccc5c(-c5ccccc5)c5cc(-c6cccc(-c7c8ccccc8cc8c7oc7cccc(-c9c%10ccccc%10c(-c%10ccccc%10)c%10ccccc9%10)c78)c6)ccc35)c24)cc1. The lowest BCUT2D eigenvalue weighted by Crippen LogP contribution is -1.92. The van der Waals surface area contributed by atoms with Crippen molar-refractivity contribution in [3.63, 3.8) is 0 Å². The molecular weight excluding hydrogens is 1040 g/mol. The lowest BCUT2D eigenvalue weighted by molar-refractivity contribution is 0.669. The zero-order chi connectivity index (χ0) is 56.4. The van der Waals surface area contributed by atoms with Crippen LogP contribution in [0.5, 0.6) is 0 Å². The zero-order valence-corrected chi connectivity index (χ0v) is 46.7. The molecule has 2 heterocycles. The van der Waals surface area contributed by atoms with Gasteiger partial charge in [-0.2, -0.15) is 0 Å². The zero-order valence-electron chi connectivity index (χ0n) is 46.7. The van der Waals surface area contributed by atoms with Crippen molar-refractivity contribution in [2.24, 2.45) is 0 Å². The molecule has 0 radical (unpaired) electrons. The van der Waals surface area contributed by atoms with E-state index in [9.17, 15) is 0 Å². The van der Waals surface area contributed by atoms with Crippen LogP contribution in [0.1, 0.15) is 0 Å². The summed E-state index contributed by atoms with van der Waals surface area (Å²) in [5.41, 5.74) is 19.9. The average Bonchev–Trinajstić information content (AvgIpc) is 1.56. The molecule has 16 aromatic carbocycles. The van der Waals surface area contributed by atoms with Gasteiger partial charge >= 0.3 is 0 Å². The van der Waals surface area contributed by atoms with Crippen LogP contribution in [-0.4, -0.2) is 0 Å². The Morgan fingerprint density at radius 2 is 0.616 bits per heavy atom. The maximum absolute atomic E-state index is 7.28. The van der Waals surface area contributed by atoms with Crippen molar-refractivity contribution in [3.05, 3.63) is 303 Å². The number of fused-ring (bicyclic) bond motifs is 12. The molecule has 0 aliphatic heterocycles. The van der Waals surface area contributed by atoms with Crippen LogP contribution in [-0.2, 0) is 0 Å². The van der Waals surface area contributed by atoms with Gasteiger partial charge < -0.3 is 8.83 Å². The Bertz CT molecular complexity index is 5750. The van der Waals surface area contributed by atoms with E-state index in [4.69, 9.17) is 8.83 Å². The van der Waals surface area contributed by atoms with E-state index >= 15 is 0 Å². The molecule has 2 heteroatoms. The van der Waals surface area contributed by atoms with Crippen molar-refractivity contribution in [1.82, 2.24) is 0 Å². The lowest BCUT2D eigenvalue weighted by atomic mass is 9.83. The van der Waals surface area contributed by atoms with Crippen LogP contribution in [0.25, 0.3) is 186 Å². The van der Waals surface area contributed by atoms with E-state index in [-0.39, 0.29) is 0 Å². The highest BCUT2D eigenvalue weighted by atomic mass is 16.3. The summed E-state index contributed by atoms with van der Waals surface area (Å²) in [5, 5.41) is 18.7. The van der Waals surface area contributed by atoms with Crippen LogP contribution >= 0.6 is 0 Å². The molecule has 0 unspecified atom stereocenters. The van der Waals surface area contributed by atoms with Gasteiger partial charge in [0.15, 0.2) is 0 Å². The van der Waals surface area contributed by atoms with E-state index in [1.807, 2.05) is 0 Å². The number of hydrogen-bond donors (Lipinski definition) is 0. The van der Waals surface area contributed by atoms with Crippen molar-refractivity contribution in [3.8, 4) is 77.9 Å². The predicted octanol–water partition coefficient (Wildman–Crippen LogP) is 24.1. The molecule has 86 heavy (non-hydrogen) atoms. The molecule has 18 aromatic rings. The summed E-state index contributed by atoms with van der Waals surface area (Å²) in [6.07, 6.45) is 0. The molecule has 398 valence electrons. The minimum atomic E-state index is 0.862. The molecule has 0 saturated heterocycles. The predicted molar refractivity (Wildman–Crippen MR) is 364 cm³/mol. The highest BCUT2D eigenvalue weighted by Gasteiger charge is 2.25. The van der Waals surface area contributed by atoms with Crippen LogP contribution in [0.3, 0.4) is 0 Å². The second-order valence-electron chi connectivity index (χ2n) is 22.9. The molecule has 0 aliphatic carbocycles. The first-order chi connectivity index (χ1) is 42.7. The first-order valence-corrected chi connectivity index (χ1v) is 29.6. The number of rotatable bonds is 7. The number of hydrogen-bond acceptors (Lipinski definition) is 2. The largest absolute Gasteiger partial charge is 0.456 e. The summed E-state index contributed by atoms with van der Waals surface area (Å²) < 4.78 is 14.1. The van der Waals surface area contributed by atoms with Crippen LogP contribution in [0.15, 0.2) is 312 Å². The topological polar surface area (TPSA) is 26.3 Å². The van der Waals surface area contributed by atoms with Gasteiger partial charge in [-0.15, -0.1) is 0 Å². The van der Waals surface area contributed by atoms with E-state index in [0.29, 0.717) is 0 Å². The smallest absolute Gasteiger partial charge is 0.143 e. The summed E-state index contributed by atoms with van der Waals surface area (Å²) in [7, 11) is 0. The standard InChI is InChI=1S/C84H50O2/c1-4-21-51(22-5-1)55-41-42-57-48-72-76(50-60(57)46-55)85-74-39-19-37-69(82(72)74)81-67-36-17-14-33-64(67)78(53-25-8-3-9-26-53)71-47-56(43-44-68(71)81)54-28-18-29-59(45-54)79-61-30-11-10-27-58(61)49-73-83-70(38-20-40-75(83)86-84(73)79)80-65-34-15-12-31-62(65)77(52-23-6-2-7-24-52)63-32-13-16-35-66(63)80/h1-50H. The molecule has 18 rings (SSSR count). The Kier molecular flexibility index (Phi) is 10.7. The molecular formula is C84H50O2. The van der Waals surface area contributed by atoms with E-state index in [2.05, 4.69) is 303 Å². The van der Waals surface area contributed by atoms with Crippen molar-refractivity contribution in [2.75, 3.05) is 0 Å². The summed E-state index contributed by atoms with van der Waals surface area (Å²) >= 11 is 0. The molecule has 0 aliphatic rings. The monoisotopic (exact) mass is 1090 g/mol. The van der Waals surface area contributed by atoms with Gasteiger partial charge in [0.2, 0.25) is 0 Å². The van der Waals surface area contributed by atoms with Gasteiger partial charge in [-0.1, -0.05) is 255 Å². The molecule has 0 spiro atoms. The van der Waals surface area contributed by atoms with Crippen LogP contribution in [0.2, 0.25) is 0 Å². The summed E-state index contributed by atoms with van der Waals surface area (Å²) in [6, 6.07) is 111. The summed E-state index contributed by atoms with van der Waals surface area (Å²) in [4.78, 5) is 0. The van der Waals surface area contributed by atoms with Crippen LogP contribution in [0, 0.1) is 0 Å². The minimum Gasteiger partial charge on any atom is -0.456 e. The van der Waals surface area contributed by atoms with Gasteiger partial charge in [0.1, 0.15) is 22.3 Å². The maximum atomic E-state index is 7.28. The van der Waals surface area contributed by atoms with E-state index in [0.717, 1.165) is 93.4 Å². The van der Waals surface area contributed by atoms with Gasteiger partial charge in [-0.25, -0.2) is 0 Å². The molecule has 0 saturated carbocycles. The first kappa shape index (κ1) is 48.2. The van der Waals surface area contributed by atoms with Crippen LogP contribution in [0.4, 0.5) is 0 Å². The summed E-state index contributed by atoms with van der Waals surface area (Å²) in [5.74, 6) is 0. The average molecular weight is 1090 g/mol. The van der Waals surface area contributed by atoms with Gasteiger partial charge in [-0.05, 0) is 185 Å². The highest BCUT2D eigenvalue weighted by molar-refractivity contribution is 6.29. The van der Waals surface area contributed by atoms with Crippen LogP contribution < -0.4 is 0 Å². The Labute approximate surface area is 495 Å². The Morgan fingerprint density at radius 1 is 0.174 bits per heavy atom. The third kappa shape index (κ3) is 7.40. The number of benzene rings is 16. The fourth-order valence-electron chi connectivity index (χ4n) is 14.5. The molecule has 0 atom stereocenters. The maximum Gasteiger partial charge on any atom is 0.143 e. The number of furan rings is 2. The van der Waals surface area contributed by atoms with E-state index in [1.54, 1.807) is 0 Å².